The van der Waals surface area contributed by atoms with Gasteiger partial charge in [-0.1, -0.05) is 17.7 Å². The Kier molecular flexibility index (Phi) is 6.57. The Hall–Kier alpha value is -0.570. The normalized spacial score (nSPS) is 11.7. The van der Waals surface area contributed by atoms with Gasteiger partial charge in [-0.15, -0.1) is 19.0 Å². The zero-order chi connectivity index (χ0) is 10.6. The third kappa shape index (κ3) is 4.20. The molecule has 0 unspecified atom stereocenters. The van der Waals surface area contributed by atoms with E-state index < -0.39 is 0 Å². The summed E-state index contributed by atoms with van der Waals surface area (Å²) in [7, 11) is 0. The number of rotatable bonds is 4. The van der Waals surface area contributed by atoms with Crippen molar-refractivity contribution in [3.63, 3.8) is 0 Å². The van der Waals surface area contributed by atoms with E-state index in [2.05, 4.69) is 6.58 Å². The molecule has 1 aromatic rings. The highest BCUT2D eigenvalue weighted by atomic mass is 35.5. The Morgan fingerprint density at radius 2 is 2.20 bits per heavy atom. The van der Waals surface area contributed by atoms with Crippen molar-refractivity contribution in [2.45, 2.75) is 18.9 Å². The van der Waals surface area contributed by atoms with E-state index in [1.165, 1.54) is 18.2 Å². The molecule has 0 aliphatic rings. The van der Waals surface area contributed by atoms with Crippen LogP contribution in [0, 0.1) is 5.82 Å². The minimum atomic E-state index is -0.307. The number of benzene rings is 1. The van der Waals surface area contributed by atoms with Crippen molar-refractivity contribution in [1.82, 2.24) is 0 Å². The van der Waals surface area contributed by atoms with E-state index in [4.69, 9.17) is 17.3 Å². The van der Waals surface area contributed by atoms with E-state index in [-0.39, 0.29) is 24.3 Å². The lowest BCUT2D eigenvalue weighted by Crippen LogP contribution is -2.10. The van der Waals surface area contributed by atoms with Gasteiger partial charge in [-0.2, -0.15) is 0 Å². The second-order valence-electron chi connectivity index (χ2n) is 3.14. The van der Waals surface area contributed by atoms with Crippen LogP contribution >= 0.6 is 24.0 Å². The quantitative estimate of drug-likeness (QED) is 0.806. The first-order valence-corrected chi connectivity index (χ1v) is 4.84. The SMILES string of the molecule is C=CCC[C@@H](N)c1cc(F)ccc1Cl.Cl. The Morgan fingerprint density at radius 3 is 2.80 bits per heavy atom. The molecule has 1 atom stereocenters. The lowest BCUT2D eigenvalue weighted by atomic mass is 10.0. The molecule has 0 amide bonds. The fourth-order valence-electron chi connectivity index (χ4n) is 1.25. The fourth-order valence-corrected chi connectivity index (χ4v) is 1.51. The van der Waals surface area contributed by atoms with Crippen LogP contribution in [0.2, 0.25) is 5.02 Å². The Balaban J connectivity index is 0.00000196. The maximum Gasteiger partial charge on any atom is 0.123 e. The van der Waals surface area contributed by atoms with Crippen LogP contribution in [0.3, 0.4) is 0 Å². The van der Waals surface area contributed by atoms with Gasteiger partial charge >= 0.3 is 0 Å². The third-order valence-electron chi connectivity index (χ3n) is 2.04. The molecule has 4 heteroatoms. The highest BCUT2D eigenvalue weighted by molar-refractivity contribution is 6.31. The van der Waals surface area contributed by atoms with Crippen molar-refractivity contribution < 1.29 is 4.39 Å². The molecule has 0 fully saturated rings. The second kappa shape index (κ2) is 6.83. The molecule has 0 heterocycles. The van der Waals surface area contributed by atoms with E-state index in [9.17, 15) is 4.39 Å². The monoisotopic (exact) mass is 249 g/mol. The number of allylic oxidation sites excluding steroid dienone is 1. The van der Waals surface area contributed by atoms with Gasteiger partial charge in [0.05, 0.1) is 0 Å². The van der Waals surface area contributed by atoms with E-state index in [0.29, 0.717) is 10.6 Å². The maximum absolute atomic E-state index is 12.9. The van der Waals surface area contributed by atoms with Gasteiger partial charge < -0.3 is 5.73 Å². The lowest BCUT2D eigenvalue weighted by Gasteiger charge is -2.12. The zero-order valence-corrected chi connectivity index (χ0v) is 9.82. The van der Waals surface area contributed by atoms with Gasteiger partial charge in [0.15, 0.2) is 0 Å². The van der Waals surface area contributed by atoms with Crippen molar-refractivity contribution >= 4 is 24.0 Å². The lowest BCUT2D eigenvalue weighted by molar-refractivity contribution is 0.611. The number of hydrogen-bond acceptors (Lipinski definition) is 1. The summed E-state index contributed by atoms with van der Waals surface area (Å²) < 4.78 is 12.9. The minimum absolute atomic E-state index is 0. The van der Waals surface area contributed by atoms with Gasteiger partial charge in [0, 0.05) is 11.1 Å². The molecule has 0 radical (unpaired) electrons. The molecule has 0 saturated carbocycles. The molecule has 0 saturated heterocycles. The van der Waals surface area contributed by atoms with E-state index >= 15 is 0 Å². The second-order valence-corrected chi connectivity index (χ2v) is 3.55. The van der Waals surface area contributed by atoms with Crippen molar-refractivity contribution in [1.29, 1.82) is 0 Å². The summed E-state index contributed by atoms with van der Waals surface area (Å²) in [5.74, 6) is -0.307. The topological polar surface area (TPSA) is 26.0 Å². The number of hydrogen-bond donors (Lipinski definition) is 1. The van der Waals surface area contributed by atoms with Gasteiger partial charge in [-0.25, -0.2) is 4.39 Å². The van der Waals surface area contributed by atoms with Gasteiger partial charge in [-0.05, 0) is 36.6 Å². The van der Waals surface area contributed by atoms with Crippen LogP contribution in [0.15, 0.2) is 30.9 Å². The molecule has 15 heavy (non-hydrogen) atoms. The number of nitrogens with two attached hydrogens (primary N) is 1. The summed E-state index contributed by atoms with van der Waals surface area (Å²) in [6, 6.07) is 4.01. The smallest absolute Gasteiger partial charge is 0.123 e. The van der Waals surface area contributed by atoms with E-state index in [0.717, 1.165) is 12.8 Å². The Labute approximate surface area is 101 Å². The maximum atomic E-state index is 12.9. The number of halogens is 3. The zero-order valence-electron chi connectivity index (χ0n) is 8.25. The third-order valence-corrected chi connectivity index (χ3v) is 2.38. The minimum Gasteiger partial charge on any atom is -0.324 e. The largest absolute Gasteiger partial charge is 0.324 e. The molecule has 84 valence electrons. The average Bonchev–Trinajstić information content (AvgIpc) is 2.18. The summed E-state index contributed by atoms with van der Waals surface area (Å²) in [4.78, 5) is 0. The van der Waals surface area contributed by atoms with Gasteiger partial charge in [0.1, 0.15) is 5.82 Å². The highest BCUT2D eigenvalue weighted by Gasteiger charge is 2.10. The molecule has 0 aliphatic carbocycles. The van der Waals surface area contributed by atoms with Crippen molar-refractivity contribution in [3.05, 3.63) is 47.3 Å². The van der Waals surface area contributed by atoms with Crippen LogP contribution in [0.4, 0.5) is 4.39 Å². The van der Waals surface area contributed by atoms with Crippen LogP contribution in [-0.4, -0.2) is 0 Å². The Morgan fingerprint density at radius 1 is 1.53 bits per heavy atom. The van der Waals surface area contributed by atoms with Crippen LogP contribution in [0.5, 0.6) is 0 Å². The van der Waals surface area contributed by atoms with Gasteiger partial charge in [0.25, 0.3) is 0 Å². The molecular formula is C11H14Cl2FN. The highest BCUT2D eigenvalue weighted by Crippen LogP contribution is 2.25. The molecule has 0 aliphatic heterocycles. The molecule has 1 aromatic carbocycles. The first-order chi connectivity index (χ1) is 6.65. The van der Waals surface area contributed by atoms with Crippen molar-refractivity contribution in [2.75, 3.05) is 0 Å². The van der Waals surface area contributed by atoms with Gasteiger partial charge in [-0.3, -0.25) is 0 Å². The first kappa shape index (κ1) is 14.4. The summed E-state index contributed by atoms with van der Waals surface area (Å²) in [5, 5.41) is 0.517. The molecular weight excluding hydrogens is 236 g/mol. The summed E-state index contributed by atoms with van der Waals surface area (Å²) in [6.07, 6.45) is 3.31. The summed E-state index contributed by atoms with van der Waals surface area (Å²) in [5.41, 5.74) is 6.51. The summed E-state index contributed by atoms with van der Waals surface area (Å²) >= 11 is 5.90. The fraction of sp³-hybridized carbons (Fsp3) is 0.273. The summed E-state index contributed by atoms with van der Waals surface area (Å²) in [6.45, 7) is 3.60. The van der Waals surface area contributed by atoms with Crippen molar-refractivity contribution in [3.8, 4) is 0 Å². The average molecular weight is 250 g/mol. The molecule has 1 rings (SSSR count). The van der Waals surface area contributed by atoms with Crippen LogP contribution in [0.25, 0.3) is 0 Å². The molecule has 0 spiro atoms. The van der Waals surface area contributed by atoms with Gasteiger partial charge in [0.2, 0.25) is 0 Å². The standard InChI is InChI=1S/C11H13ClFN.ClH/c1-2-3-4-11(14)9-7-8(13)5-6-10(9)12;/h2,5-7,11H,1,3-4,14H2;1H/t11-;/m1./s1. The molecule has 0 aromatic heterocycles. The van der Waals surface area contributed by atoms with E-state index in [1.807, 2.05) is 0 Å². The van der Waals surface area contributed by atoms with Crippen LogP contribution < -0.4 is 5.73 Å². The van der Waals surface area contributed by atoms with Crippen LogP contribution in [-0.2, 0) is 0 Å². The predicted molar refractivity (Wildman–Crippen MR) is 65.0 cm³/mol. The van der Waals surface area contributed by atoms with Crippen molar-refractivity contribution in [2.24, 2.45) is 5.73 Å². The Bertz CT molecular complexity index is 328. The van der Waals surface area contributed by atoms with E-state index in [1.54, 1.807) is 6.08 Å². The van der Waals surface area contributed by atoms with Crippen LogP contribution in [0.1, 0.15) is 24.4 Å². The first-order valence-electron chi connectivity index (χ1n) is 4.46. The predicted octanol–water partition coefficient (Wildman–Crippen LogP) is 3.87. The molecule has 2 N–H and O–H groups in total. The molecule has 0 bridgehead atoms. The molecule has 1 nitrogen and oxygen atoms in total.